The third kappa shape index (κ3) is 5.13. The fourth-order valence-corrected chi connectivity index (χ4v) is 1.27. The summed E-state index contributed by atoms with van der Waals surface area (Å²) in [6, 6.07) is 0. The van der Waals surface area contributed by atoms with Crippen LogP contribution in [-0.2, 0) is 4.79 Å². The maximum Gasteiger partial charge on any atom is 0.234 e. The first-order valence-electron chi connectivity index (χ1n) is 4.47. The summed E-state index contributed by atoms with van der Waals surface area (Å²) < 4.78 is 0. The molecule has 0 bridgehead atoms. The molecule has 2 N–H and O–H groups in total. The molecule has 0 radical (unpaired) electrons. The highest BCUT2D eigenvalue weighted by Gasteiger charge is 2.17. The van der Waals surface area contributed by atoms with Gasteiger partial charge in [-0.15, -0.1) is 0 Å². The third-order valence-electron chi connectivity index (χ3n) is 1.69. The summed E-state index contributed by atoms with van der Waals surface area (Å²) in [7, 11) is 1.77. The summed E-state index contributed by atoms with van der Waals surface area (Å²) in [5.74, 6) is 0.0657. The van der Waals surface area contributed by atoms with E-state index in [4.69, 9.17) is 0 Å². The van der Waals surface area contributed by atoms with Crippen LogP contribution in [0.2, 0.25) is 0 Å². The van der Waals surface area contributed by atoms with Gasteiger partial charge in [-0.05, 0) is 27.3 Å². The monoisotopic (exact) mass is 172 g/mol. The van der Waals surface area contributed by atoms with Crippen LogP contribution in [0, 0.1) is 0 Å². The van der Waals surface area contributed by atoms with Crippen LogP contribution in [0.1, 0.15) is 33.6 Å². The molecule has 0 aliphatic carbocycles. The van der Waals surface area contributed by atoms with Gasteiger partial charge in [0.15, 0.2) is 0 Å². The van der Waals surface area contributed by atoms with E-state index in [0.29, 0.717) is 6.54 Å². The van der Waals surface area contributed by atoms with Crippen molar-refractivity contribution in [2.75, 3.05) is 13.6 Å². The minimum Gasteiger partial charge on any atom is -0.350 e. The van der Waals surface area contributed by atoms with E-state index in [1.807, 2.05) is 13.8 Å². The van der Waals surface area contributed by atoms with Gasteiger partial charge in [0.2, 0.25) is 5.91 Å². The summed E-state index contributed by atoms with van der Waals surface area (Å²) in [5, 5.41) is 5.78. The van der Waals surface area contributed by atoms with E-state index in [0.717, 1.165) is 12.8 Å². The molecular weight excluding hydrogens is 152 g/mol. The molecule has 0 heterocycles. The molecule has 0 aliphatic rings. The van der Waals surface area contributed by atoms with Crippen molar-refractivity contribution >= 4 is 5.91 Å². The van der Waals surface area contributed by atoms with E-state index >= 15 is 0 Å². The predicted molar refractivity (Wildman–Crippen MR) is 51.1 cm³/mol. The Labute approximate surface area is 74.9 Å². The van der Waals surface area contributed by atoms with Gasteiger partial charge in [-0.2, -0.15) is 0 Å². The zero-order chi connectivity index (χ0) is 9.61. The van der Waals surface area contributed by atoms with Gasteiger partial charge in [0.1, 0.15) is 0 Å². The van der Waals surface area contributed by atoms with Crippen LogP contribution in [0.25, 0.3) is 0 Å². The van der Waals surface area contributed by atoms with Crippen LogP contribution in [0.3, 0.4) is 0 Å². The second kappa shape index (κ2) is 5.14. The smallest absolute Gasteiger partial charge is 0.234 e. The third-order valence-corrected chi connectivity index (χ3v) is 1.69. The fraction of sp³-hybridized carbons (Fsp3) is 0.889. The Balaban J connectivity index is 3.79. The van der Waals surface area contributed by atoms with Crippen molar-refractivity contribution in [2.45, 2.75) is 39.2 Å². The summed E-state index contributed by atoms with van der Waals surface area (Å²) >= 11 is 0. The lowest BCUT2D eigenvalue weighted by Crippen LogP contribution is -2.46. The number of likely N-dealkylation sites (N-methyl/N-ethyl adjacent to an activating group) is 1. The van der Waals surface area contributed by atoms with Crippen LogP contribution >= 0.6 is 0 Å². The lowest BCUT2D eigenvalue weighted by atomic mass is 9.99. The molecule has 0 spiro atoms. The minimum absolute atomic E-state index is 0.0657. The van der Waals surface area contributed by atoms with Crippen molar-refractivity contribution in [1.82, 2.24) is 10.6 Å². The fourth-order valence-electron chi connectivity index (χ4n) is 1.27. The maximum atomic E-state index is 11.2. The van der Waals surface area contributed by atoms with E-state index in [2.05, 4.69) is 17.6 Å². The first-order chi connectivity index (χ1) is 5.52. The molecule has 72 valence electrons. The van der Waals surface area contributed by atoms with Crippen molar-refractivity contribution in [3.8, 4) is 0 Å². The Morgan fingerprint density at radius 1 is 1.42 bits per heavy atom. The summed E-state index contributed by atoms with van der Waals surface area (Å²) in [5.41, 5.74) is -0.0668. The average molecular weight is 172 g/mol. The first kappa shape index (κ1) is 11.4. The minimum atomic E-state index is -0.0668. The Morgan fingerprint density at radius 2 is 2.00 bits per heavy atom. The molecule has 0 aromatic heterocycles. The predicted octanol–water partition coefficient (Wildman–Crippen LogP) is 0.901. The second-order valence-electron chi connectivity index (χ2n) is 3.71. The molecule has 0 fully saturated rings. The highest BCUT2D eigenvalue weighted by molar-refractivity contribution is 5.78. The second-order valence-corrected chi connectivity index (χ2v) is 3.71. The van der Waals surface area contributed by atoms with E-state index in [1.165, 1.54) is 0 Å². The molecule has 12 heavy (non-hydrogen) atoms. The van der Waals surface area contributed by atoms with Crippen molar-refractivity contribution in [1.29, 1.82) is 0 Å². The molecule has 0 aromatic rings. The SMILES string of the molecule is CCCC(C)(C)NC(=O)CNC. The van der Waals surface area contributed by atoms with Gasteiger partial charge in [-0.25, -0.2) is 0 Å². The molecule has 3 heteroatoms. The Kier molecular flexibility index (Phi) is 4.90. The van der Waals surface area contributed by atoms with Crippen LogP contribution in [0.4, 0.5) is 0 Å². The largest absolute Gasteiger partial charge is 0.350 e. The number of amides is 1. The van der Waals surface area contributed by atoms with Gasteiger partial charge < -0.3 is 10.6 Å². The van der Waals surface area contributed by atoms with Gasteiger partial charge in [0.05, 0.1) is 6.54 Å². The van der Waals surface area contributed by atoms with Crippen molar-refractivity contribution < 1.29 is 4.79 Å². The van der Waals surface area contributed by atoms with Crippen LogP contribution in [0.5, 0.6) is 0 Å². The molecule has 0 aromatic carbocycles. The molecular formula is C9H20N2O. The molecule has 0 saturated carbocycles. The Morgan fingerprint density at radius 3 is 2.42 bits per heavy atom. The highest BCUT2D eigenvalue weighted by atomic mass is 16.2. The van der Waals surface area contributed by atoms with E-state index in [-0.39, 0.29) is 11.4 Å². The van der Waals surface area contributed by atoms with E-state index in [1.54, 1.807) is 7.05 Å². The maximum absolute atomic E-state index is 11.2. The zero-order valence-corrected chi connectivity index (χ0v) is 8.53. The van der Waals surface area contributed by atoms with Gasteiger partial charge >= 0.3 is 0 Å². The molecule has 0 unspecified atom stereocenters. The summed E-state index contributed by atoms with van der Waals surface area (Å²) in [6.45, 7) is 6.60. The van der Waals surface area contributed by atoms with Crippen LogP contribution < -0.4 is 10.6 Å². The molecule has 0 aliphatic heterocycles. The number of hydrogen-bond donors (Lipinski definition) is 2. The van der Waals surface area contributed by atoms with Gasteiger partial charge in [0.25, 0.3) is 0 Å². The normalized spacial score (nSPS) is 11.3. The summed E-state index contributed by atoms with van der Waals surface area (Å²) in [4.78, 5) is 11.2. The van der Waals surface area contributed by atoms with Crippen LogP contribution in [0.15, 0.2) is 0 Å². The lowest BCUT2D eigenvalue weighted by Gasteiger charge is -2.25. The number of nitrogens with one attached hydrogen (secondary N) is 2. The van der Waals surface area contributed by atoms with E-state index < -0.39 is 0 Å². The van der Waals surface area contributed by atoms with E-state index in [9.17, 15) is 4.79 Å². The van der Waals surface area contributed by atoms with Gasteiger partial charge in [-0.1, -0.05) is 13.3 Å². The first-order valence-corrected chi connectivity index (χ1v) is 4.47. The molecule has 0 atom stereocenters. The topological polar surface area (TPSA) is 41.1 Å². The van der Waals surface area contributed by atoms with Crippen molar-refractivity contribution in [2.24, 2.45) is 0 Å². The number of hydrogen-bond acceptors (Lipinski definition) is 2. The molecule has 0 rings (SSSR count). The number of rotatable bonds is 5. The quantitative estimate of drug-likeness (QED) is 0.647. The Bertz CT molecular complexity index is 143. The standard InChI is InChI=1S/C9H20N2O/c1-5-6-9(2,3)11-8(12)7-10-4/h10H,5-7H2,1-4H3,(H,11,12). The van der Waals surface area contributed by atoms with Crippen LogP contribution in [-0.4, -0.2) is 25.0 Å². The van der Waals surface area contributed by atoms with Crippen molar-refractivity contribution in [3.05, 3.63) is 0 Å². The zero-order valence-electron chi connectivity index (χ0n) is 8.53. The average Bonchev–Trinajstić information content (AvgIpc) is 1.85. The van der Waals surface area contributed by atoms with Gasteiger partial charge in [0, 0.05) is 5.54 Å². The molecule has 3 nitrogen and oxygen atoms in total. The number of carbonyl (C=O) groups is 1. The summed E-state index contributed by atoms with van der Waals surface area (Å²) in [6.07, 6.45) is 2.11. The lowest BCUT2D eigenvalue weighted by molar-refractivity contribution is -0.121. The number of carbonyl (C=O) groups excluding carboxylic acids is 1. The Hall–Kier alpha value is -0.570. The van der Waals surface area contributed by atoms with Crippen molar-refractivity contribution in [3.63, 3.8) is 0 Å². The highest BCUT2D eigenvalue weighted by Crippen LogP contribution is 2.09. The molecule has 1 amide bonds. The van der Waals surface area contributed by atoms with Gasteiger partial charge in [-0.3, -0.25) is 4.79 Å². The molecule has 0 saturated heterocycles.